The number of hydrogen-bond acceptors (Lipinski definition) is 4. The topological polar surface area (TPSA) is 64.0 Å². The third-order valence-corrected chi connectivity index (χ3v) is 11.1. The van der Waals surface area contributed by atoms with Gasteiger partial charge in [-0.05, 0) is 102 Å². The van der Waals surface area contributed by atoms with Gasteiger partial charge in [0.2, 0.25) is 0 Å². The van der Waals surface area contributed by atoms with Gasteiger partial charge in [-0.15, -0.1) is 11.3 Å². The van der Waals surface area contributed by atoms with E-state index < -0.39 is 0 Å². The van der Waals surface area contributed by atoms with E-state index in [1.54, 1.807) is 11.3 Å². The van der Waals surface area contributed by atoms with Crippen molar-refractivity contribution in [3.05, 3.63) is 145 Å². The van der Waals surface area contributed by atoms with Crippen LogP contribution in [0.25, 0.3) is 102 Å². The lowest BCUT2D eigenvalue weighted by Gasteiger charge is -2.10. The van der Waals surface area contributed by atoms with E-state index in [2.05, 4.69) is 92.8 Å². The molecular weight excluding hydrogens is 635 g/mol. The molecule has 5 heterocycles. The normalized spacial score (nSPS) is 12.0. The first kappa shape index (κ1) is 27.1. The van der Waals surface area contributed by atoms with Gasteiger partial charge in [0.15, 0.2) is 11.3 Å². The van der Waals surface area contributed by atoms with Crippen molar-refractivity contribution >= 4 is 103 Å². The summed E-state index contributed by atoms with van der Waals surface area (Å²) < 4.78 is 13.3. The molecule has 0 saturated heterocycles. The number of furan rings is 1. The number of pyridine rings is 1. The quantitative estimate of drug-likeness (QED) is 0.174. The standard InChI is InChI=1S/C43H21N5OS/c1-45-25-9-14-36-31(20-25)30-19-24(23-44)8-13-35(30)47(36)26-10-16-39-32(21-26)33-22-27(11-17-40(33)50-39)48-34-6-3-2-5-28(34)29-12-15-37-41(43(29)48)42-38(49-37)7-4-18-46-42/h2-22H. The van der Waals surface area contributed by atoms with Crippen molar-refractivity contribution in [1.82, 2.24) is 14.1 Å². The second-order valence-corrected chi connectivity index (χ2v) is 13.7. The van der Waals surface area contributed by atoms with E-state index in [9.17, 15) is 5.26 Å². The maximum absolute atomic E-state index is 9.67. The van der Waals surface area contributed by atoms with Gasteiger partial charge in [-0.1, -0.05) is 24.3 Å². The number of fused-ring (bicyclic) bond motifs is 13. The molecule has 230 valence electrons. The van der Waals surface area contributed by atoms with Crippen molar-refractivity contribution in [1.29, 1.82) is 5.26 Å². The monoisotopic (exact) mass is 655 g/mol. The van der Waals surface area contributed by atoms with Crippen LogP contribution in [0.4, 0.5) is 5.69 Å². The van der Waals surface area contributed by atoms with Crippen molar-refractivity contribution in [2.75, 3.05) is 0 Å². The molecule has 0 spiro atoms. The molecule has 7 heteroatoms. The molecule has 0 aliphatic rings. The van der Waals surface area contributed by atoms with Gasteiger partial charge in [0.1, 0.15) is 11.1 Å². The van der Waals surface area contributed by atoms with Gasteiger partial charge in [-0.25, -0.2) is 4.85 Å². The number of nitrogens with zero attached hydrogens (tertiary/aromatic N) is 5. The van der Waals surface area contributed by atoms with Crippen LogP contribution in [-0.4, -0.2) is 14.1 Å². The molecule has 0 aliphatic carbocycles. The Morgan fingerprint density at radius 2 is 1.38 bits per heavy atom. The van der Waals surface area contributed by atoms with Crippen LogP contribution in [0.15, 0.2) is 132 Å². The summed E-state index contributed by atoms with van der Waals surface area (Å²) >= 11 is 1.79. The number of hydrogen-bond donors (Lipinski definition) is 0. The van der Waals surface area contributed by atoms with E-state index in [4.69, 9.17) is 16.0 Å². The number of rotatable bonds is 2. The summed E-state index contributed by atoms with van der Waals surface area (Å²) in [5, 5.41) is 17.3. The molecule has 0 bridgehead atoms. The van der Waals surface area contributed by atoms with Crippen molar-refractivity contribution in [2.45, 2.75) is 0 Å². The summed E-state index contributed by atoms with van der Waals surface area (Å²) in [6.07, 6.45) is 1.83. The molecule has 0 saturated carbocycles. The smallest absolute Gasteiger partial charge is 0.188 e. The summed E-state index contributed by atoms with van der Waals surface area (Å²) in [6.45, 7) is 7.61. The van der Waals surface area contributed by atoms with Crippen molar-refractivity contribution < 1.29 is 4.42 Å². The van der Waals surface area contributed by atoms with E-state index in [0.717, 1.165) is 71.7 Å². The minimum absolute atomic E-state index is 0.576. The van der Waals surface area contributed by atoms with Crippen LogP contribution < -0.4 is 0 Å². The third kappa shape index (κ3) is 3.56. The molecule has 6 nitrogen and oxygen atoms in total. The van der Waals surface area contributed by atoms with Crippen LogP contribution in [0.2, 0.25) is 0 Å². The van der Waals surface area contributed by atoms with Crippen LogP contribution in [-0.2, 0) is 0 Å². The average molecular weight is 656 g/mol. The van der Waals surface area contributed by atoms with E-state index in [1.165, 1.54) is 25.6 Å². The Labute approximate surface area is 287 Å². The summed E-state index contributed by atoms with van der Waals surface area (Å²) in [5.41, 5.74) is 9.93. The number of para-hydroxylation sites is 1. The predicted octanol–water partition coefficient (Wildman–Crippen LogP) is 12.0. The molecule has 0 amide bonds. The number of aromatic nitrogens is 3. The Balaban J connectivity index is 1.19. The third-order valence-electron chi connectivity index (χ3n) is 9.99. The summed E-state index contributed by atoms with van der Waals surface area (Å²) in [4.78, 5) is 8.45. The molecule has 0 radical (unpaired) electrons. The number of benzene rings is 6. The second kappa shape index (κ2) is 9.81. The predicted molar refractivity (Wildman–Crippen MR) is 204 cm³/mol. The van der Waals surface area contributed by atoms with E-state index in [1.807, 2.05) is 54.7 Å². The van der Waals surface area contributed by atoms with E-state index in [-0.39, 0.29) is 0 Å². The highest BCUT2D eigenvalue weighted by molar-refractivity contribution is 7.25. The molecule has 50 heavy (non-hydrogen) atoms. The maximum Gasteiger partial charge on any atom is 0.188 e. The minimum atomic E-state index is 0.576. The van der Waals surface area contributed by atoms with Gasteiger partial charge in [-0.2, -0.15) is 5.26 Å². The lowest BCUT2D eigenvalue weighted by atomic mass is 10.1. The molecule has 0 unspecified atom stereocenters. The highest BCUT2D eigenvalue weighted by Crippen LogP contribution is 2.43. The van der Waals surface area contributed by atoms with Gasteiger partial charge in [0.05, 0.1) is 45.7 Å². The van der Waals surface area contributed by atoms with Gasteiger partial charge in [0.25, 0.3) is 0 Å². The first-order valence-electron chi connectivity index (χ1n) is 16.2. The van der Waals surface area contributed by atoms with Crippen LogP contribution in [0.5, 0.6) is 0 Å². The Morgan fingerprint density at radius 3 is 2.18 bits per heavy atom. The molecule has 11 rings (SSSR count). The molecule has 0 atom stereocenters. The van der Waals surface area contributed by atoms with Crippen LogP contribution in [0.3, 0.4) is 0 Å². The Kier molecular flexibility index (Phi) is 5.31. The maximum atomic E-state index is 9.67. The summed E-state index contributed by atoms with van der Waals surface area (Å²) in [7, 11) is 0. The van der Waals surface area contributed by atoms with Gasteiger partial charge in [-0.3, -0.25) is 4.98 Å². The minimum Gasteiger partial charge on any atom is -0.454 e. The second-order valence-electron chi connectivity index (χ2n) is 12.6. The molecule has 0 N–H and O–H groups in total. The number of nitriles is 1. The average Bonchev–Trinajstić information content (AvgIpc) is 3.91. The highest BCUT2D eigenvalue weighted by Gasteiger charge is 2.21. The molecular formula is C43H21N5OS. The summed E-state index contributed by atoms with van der Waals surface area (Å²) in [5.74, 6) is 0. The van der Waals surface area contributed by atoms with E-state index >= 15 is 0 Å². The molecule has 11 aromatic rings. The Bertz CT molecular complexity index is 3290. The fourth-order valence-corrected chi connectivity index (χ4v) is 8.93. The van der Waals surface area contributed by atoms with Gasteiger partial charge in [0, 0.05) is 53.9 Å². The highest BCUT2D eigenvalue weighted by atomic mass is 32.1. The summed E-state index contributed by atoms with van der Waals surface area (Å²) in [6, 6.07) is 44.0. The van der Waals surface area contributed by atoms with Crippen molar-refractivity contribution in [2.24, 2.45) is 0 Å². The zero-order chi connectivity index (χ0) is 33.1. The van der Waals surface area contributed by atoms with Crippen molar-refractivity contribution in [3.63, 3.8) is 0 Å². The largest absolute Gasteiger partial charge is 0.454 e. The Hall–Kier alpha value is -6.93. The first-order chi connectivity index (χ1) is 24.7. The lowest BCUT2D eigenvalue weighted by Crippen LogP contribution is -1.94. The zero-order valence-electron chi connectivity index (χ0n) is 26.2. The number of thiophene rings is 1. The van der Waals surface area contributed by atoms with Crippen LogP contribution >= 0.6 is 11.3 Å². The fraction of sp³-hybridized carbons (Fsp3) is 0. The van der Waals surface area contributed by atoms with Crippen LogP contribution in [0.1, 0.15) is 5.56 Å². The molecule has 0 fully saturated rings. The SMILES string of the molecule is [C-]#[N+]c1ccc2c(c1)c1cc(C#N)ccc1n2-c1ccc2sc3ccc(-n4c5ccccc5c5ccc6oc7cccnc7c6c54)cc3c2c1. The molecule has 5 aromatic heterocycles. The van der Waals surface area contributed by atoms with E-state index in [0.29, 0.717) is 11.3 Å². The van der Waals surface area contributed by atoms with Gasteiger partial charge >= 0.3 is 0 Å². The van der Waals surface area contributed by atoms with Crippen LogP contribution in [0, 0.1) is 17.9 Å². The molecule has 6 aromatic carbocycles. The first-order valence-corrected chi connectivity index (χ1v) is 17.0. The fourth-order valence-electron chi connectivity index (χ4n) is 7.86. The Morgan fingerprint density at radius 1 is 0.640 bits per heavy atom. The zero-order valence-corrected chi connectivity index (χ0v) is 27.0. The lowest BCUT2D eigenvalue weighted by molar-refractivity contribution is 0.668. The van der Waals surface area contributed by atoms with Gasteiger partial charge < -0.3 is 13.6 Å². The molecule has 0 aliphatic heterocycles. The van der Waals surface area contributed by atoms with Crippen molar-refractivity contribution in [3.8, 4) is 17.4 Å².